The maximum atomic E-state index is 10.9. The van der Waals surface area contributed by atoms with E-state index >= 15 is 0 Å². The lowest BCUT2D eigenvalue weighted by Crippen LogP contribution is -2.52. The molecule has 4 nitrogen and oxygen atoms in total. The number of piperidine rings is 1. The molecule has 92 valence electrons. The van der Waals surface area contributed by atoms with Crippen LogP contribution in [0.2, 0.25) is 0 Å². The lowest BCUT2D eigenvalue weighted by molar-refractivity contribution is -0.143. The number of carbonyl (C=O) groups is 1. The first-order valence-electron chi connectivity index (χ1n) is 5.25. The van der Waals surface area contributed by atoms with Gasteiger partial charge in [-0.1, -0.05) is 12.2 Å². The SMILES string of the molecule is CSC1(C(N)=S)CCN(C(C)C(=O)O)CC1. The molecule has 1 fully saturated rings. The highest BCUT2D eigenvalue weighted by Gasteiger charge is 2.38. The minimum absolute atomic E-state index is 0.135. The quantitative estimate of drug-likeness (QED) is 0.735. The van der Waals surface area contributed by atoms with Crippen molar-refractivity contribution in [1.29, 1.82) is 0 Å². The van der Waals surface area contributed by atoms with Gasteiger partial charge in [0.1, 0.15) is 6.04 Å². The zero-order chi connectivity index (χ0) is 12.3. The number of hydrogen-bond acceptors (Lipinski definition) is 4. The van der Waals surface area contributed by atoms with Crippen molar-refractivity contribution in [3.05, 3.63) is 0 Å². The van der Waals surface area contributed by atoms with Crippen LogP contribution in [0.5, 0.6) is 0 Å². The van der Waals surface area contributed by atoms with Crippen LogP contribution in [0, 0.1) is 0 Å². The van der Waals surface area contributed by atoms with Gasteiger partial charge in [-0.05, 0) is 26.0 Å². The van der Waals surface area contributed by atoms with Gasteiger partial charge in [-0.15, -0.1) is 0 Å². The van der Waals surface area contributed by atoms with E-state index in [1.807, 2.05) is 11.2 Å². The van der Waals surface area contributed by atoms with E-state index in [2.05, 4.69) is 0 Å². The van der Waals surface area contributed by atoms with Crippen LogP contribution in [-0.4, -0.2) is 51.1 Å². The zero-order valence-electron chi connectivity index (χ0n) is 9.60. The Labute approximate surface area is 106 Å². The largest absolute Gasteiger partial charge is 0.480 e. The van der Waals surface area contributed by atoms with Crippen LogP contribution in [-0.2, 0) is 4.79 Å². The number of carboxylic acids is 1. The molecule has 1 unspecified atom stereocenters. The number of thiocarbonyl (C=S) groups is 1. The van der Waals surface area contributed by atoms with Crippen molar-refractivity contribution in [2.45, 2.75) is 30.6 Å². The van der Waals surface area contributed by atoms with Crippen molar-refractivity contribution in [2.75, 3.05) is 19.3 Å². The summed E-state index contributed by atoms with van der Waals surface area (Å²) in [5, 5.41) is 8.93. The third kappa shape index (κ3) is 2.67. The van der Waals surface area contributed by atoms with Gasteiger partial charge in [0.05, 0.1) is 9.74 Å². The molecule has 0 bridgehead atoms. The van der Waals surface area contributed by atoms with E-state index in [-0.39, 0.29) is 4.75 Å². The van der Waals surface area contributed by atoms with Crippen LogP contribution >= 0.6 is 24.0 Å². The fourth-order valence-corrected chi connectivity index (χ4v) is 3.23. The second kappa shape index (κ2) is 5.33. The van der Waals surface area contributed by atoms with Gasteiger partial charge in [0, 0.05) is 13.1 Å². The molecule has 16 heavy (non-hydrogen) atoms. The Morgan fingerprint density at radius 3 is 2.38 bits per heavy atom. The molecule has 0 aromatic rings. The molecule has 0 saturated carbocycles. The molecule has 3 N–H and O–H groups in total. The Morgan fingerprint density at radius 2 is 2.06 bits per heavy atom. The van der Waals surface area contributed by atoms with Crippen LogP contribution < -0.4 is 5.73 Å². The van der Waals surface area contributed by atoms with Crippen molar-refractivity contribution in [3.63, 3.8) is 0 Å². The van der Waals surface area contributed by atoms with Gasteiger partial charge < -0.3 is 10.8 Å². The summed E-state index contributed by atoms with van der Waals surface area (Å²) in [5.74, 6) is -0.771. The second-order valence-electron chi connectivity index (χ2n) is 4.11. The molecule has 0 radical (unpaired) electrons. The summed E-state index contributed by atoms with van der Waals surface area (Å²) >= 11 is 6.79. The predicted octanol–water partition coefficient (Wildman–Crippen LogP) is 0.943. The Morgan fingerprint density at radius 1 is 1.56 bits per heavy atom. The molecule has 0 aromatic heterocycles. The van der Waals surface area contributed by atoms with E-state index in [0.717, 1.165) is 25.9 Å². The molecule has 0 amide bonds. The predicted molar refractivity (Wildman–Crippen MR) is 70.9 cm³/mol. The molecule has 1 saturated heterocycles. The zero-order valence-corrected chi connectivity index (χ0v) is 11.2. The Hall–Kier alpha value is -0.330. The summed E-state index contributed by atoms with van der Waals surface area (Å²) in [6, 6.07) is -0.425. The van der Waals surface area contributed by atoms with E-state index in [1.54, 1.807) is 18.7 Å². The second-order valence-corrected chi connectivity index (χ2v) is 5.74. The van der Waals surface area contributed by atoms with Crippen LogP contribution in [0.1, 0.15) is 19.8 Å². The number of likely N-dealkylation sites (tertiary alicyclic amines) is 1. The van der Waals surface area contributed by atoms with E-state index in [4.69, 9.17) is 23.1 Å². The number of rotatable bonds is 4. The molecule has 1 aliphatic rings. The summed E-state index contributed by atoms with van der Waals surface area (Å²) < 4.78 is -0.135. The average molecular weight is 262 g/mol. The highest BCUT2D eigenvalue weighted by atomic mass is 32.2. The average Bonchev–Trinajstić information content (AvgIpc) is 2.27. The van der Waals surface area contributed by atoms with Gasteiger partial charge in [0.25, 0.3) is 0 Å². The first kappa shape index (κ1) is 13.7. The fraction of sp³-hybridized carbons (Fsp3) is 0.800. The molecule has 1 heterocycles. The molecule has 0 aliphatic carbocycles. The van der Waals surface area contributed by atoms with Gasteiger partial charge in [-0.3, -0.25) is 9.69 Å². The van der Waals surface area contributed by atoms with Crippen LogP contribution in [0.3, 0.4) is 0 Å². The highest BCUT2D eigenvalue weighted by Crippen LogP contribution is 2.35. The molecule has 1 atom stereocenters. The maximum Gasteiger partial charge on any atom is 0.320 e. The monoisotopic (exact) mass is 262 g/mol. The molecular formula is C10H18N2O2S2. The lowest BCUT2D eigenvalue weighted by atomic mass is 9.94. The number of hydrogen-bond donors (Lipinski definition) is 2. The van der Waals surface area contributed by atoms with Crippen LogP contribution in [0.25, 0.3) is 0 Å². The molecule has 1 aliphatic heterocycles. The summed E-state index contributed by atoms with van der Waals surface area (Å²) in [6.45, 7) is 3.20. The molecule has 1 rings (SSSR count). The molecule has 6 heteroatoms. The van der Waals surface area contributed by atoms with Crippen molar-refractivity contribution < 1.29 is 9.90 Å². The minimum Gasteiger partial charge on any atom is -0.480 e. The Balaban J connectivity index is 2.63. The van der Waals surface area contributed by atoms with E-state index < -0.39 is 12.0 Å². The van der Waals surface area contributed by atoms with Crippen molar-refractivity contribution in [2.24, 2.45) is 5.73 Å². The maximum absolute atomic E-state index is 10.9. The van der Waals surface area contributed by atoms with Gasteiger partial charge in [0.15, 0.2) is 0 Å². The molecular weight excluding hydrogens is 244 g/mol. The third-order valence-electron chi connectivity index (χ3n) is 3.35. The van der Waals surface area contributed by atoms with E-state index in [9.17, 15) is 4.79 Å². The van der Waals surface area contributed by atoms with Crippen LogP contribution in [0.4, 0.5) is 0 Å². The Kier molecular flexibility index (Phi) is 4.58. The van der Waals surface area contributed by atoms with Crippen molar-refractivity contribution in [1.82, 2.24) is 4.90 Å². The first-order valence-corrected chi connectivity index (χ1v) is 6.88. The van der Waals surface area contributed by atoms with Crippen molar-refractivity contribution in [3.8, 4) is 0 Å². The fourth-order valence-electron chi connectivity index (χ4n) is 1.98. The first-order chi connectivity index (χ1) is 7.43. The van der Waals surface area contributed by atoms with Gasteiger partial charge in [0.2, 0.25) is 0 Å². The number of thioether (sulfide) groups is 1. The van der Waals surface area contributed by atoms with Gasteiger partial charge >= 0.3 is 5.97 Å². The molecule has 0 spiro atoms. The van der Waals surface area contributed by atoms with E-state index in [0.29, 0.717) is 4.99 Å². The number of nitrogens with zero attached hydrogens (tertiary/aromatic N) is 1. The summed E-state index contributed by atoms with van der Waals surface area (Å²) in [4.78, 5) is 13.4. The van der Waals surface area contributed by atoms with Crippen LogP contribution in [0.15, 0.2) is 0 Å². The highest BCUT2D eigenvalue weighted by molar-refractivity contribution is 8.02. The number of carboxylic acid groups (broad SMARTS) is 1. The lowest BCUT2D eigenvalue weighted by Gasteiger charge is -2.41. The summed E-state index contributed by atoms with van der Waals surface area (Å²) in [6.07, 6.45) is 3.68. The topological polar surface area (TPSA) is 66.6 Å². The standard InChI is InChI=1S/C10H18N2O2S2/c1-7(8(13)14)12-5-3-10(16-2,4-6-12)9(11)15/h7H,3-6H2,1-2H3,(H2,11,15)(H,13,14). The summed E-state index contributed by atoms with van der Waals surface area (Å²) in [5.41, 5.74) is 5.77. The van der Waals surface area contributed by atoms with Gasteiger partial charge in [-0.2, -0.15) is 11.8 Å². The Bertz CT molecular complexity index is 289. The number of aliphatic carboxylic acids is 1. The minimum atomic E-state index is -0.771. The van der Waals surface area contributed by atoms with Crippen molar-refractivity contribution >= 4 is 34.9 Å². The number of nitrogens with two attached hydrogens (primary N) is 1. The summed E-state index contributed by atoms with van der Waals surface area (Å²) in [7, 11) is 0. The normalized spacial score (nSPS) is 22.6. The van der Waals surface area contributed by atoms with E-state index in [1.165, 1.54) is 0 Å². The smallest absolute Gasteiger partial charge is 0.320 e. The van der Waals surface area contributed by atoms with Gasteiger partial charge in [-0.25, -0.2) is 0 Å². The molecule has 0 aromatic carbocycles. The third-order valence-corrected chi connectivity index (χ3v) is 5.28.